The average Bonchev–Trinajstić information content (AvgIpc) is 2.03. The van der Waals surface area contributed by atoms with Crippen molar-refractivity contribution in [2.24, 2.45) is 0 Å². The quantitative estimate of drug-likeness (QED) is 0.572. The molecule has 0 saturated heterocycles. The number of aryl methyl sites for hydroxylation is 1. The van der Waals surface area contributed by atoms with E-state index in [4.69, 9.17) is 4.53 Å². The summed E-state index contributed by atoms with van der Waals surface area (Å²) in [5.41, 5.74) is 5.23. The number of hydrogen-bond donors (Lipinski definition) is 1. The lowest BCUT2D eigenvalue weighted by Gasteiger charge is -2.08. The van der Waals surface area contributed by atoms with Crippen LogP contribution in [-0.4, -0.2) is 9.04 Å². The molecule has 0 fully saturated rings. The average molecular weight is 182 g/mol. The maximum atomic E-state index is 5.36. The fraction of sp³-hybridized carbons (Fsp3) is 0.333. The minimum Gasteiger partial charge on any atom is -0.326 e. The van der Waals surface area contributed by atoms with Gasteiger partial charge in [-0.25, -0.2) is 0 Å². The number of rotatable bonds is 3. The molecule has 1 aromatic rings. The first-order valence-electron chi connectivity index (χ1n) is 4.17. The fourth-order valence-corrected chi connectivity index (χ4v) is 1.18. The predicted molar refractivity (Wildman–Crippen MR) is 55.9 cm³/mol. The summed E-state index contributed by atoms with van der Waals surface area (Å²) in [6.45, 7) is 6.32. The summed E-state index contributed by atoms with van der Waals surface area (Å²) in [4.78, 5) is 0. The first-order chi connectivity index (χ1) is 5.68. The van der Waals surface area contributed by atoms with Gasteiger partial charge in [0.15, 0.2) is 0 Å². The van der Waals surface area contributed by atoms with E-state index in [1.165, 1.54) is 5.56 Å². The van der Waals surface area contributed by atoms with Crippen molar-refractivity contribution < 1.29 is 5.95 Å². The van der Waals surface area contributed by atoms with Crippen molar-refractivity contribution in [2.45, 2.75) is 20.0 Å². The molecule has 0 bridgehead atoms. The molecule has 0 radical (unpaired) electrons. The summed E-state index contributed by atoms with van der Waals surface area (Å²) >= 11 is 0. The van der Waals surface area contributed by atoms with Crippen LogP contribution in [0.2, 0.25) is 13.1 Å². The van der Waals surface area contributed by atoms with Crippen LogP contribution in [0.25, 0.3) is 0 Å². The SMILES string of the molecule is Cc1ccc(NO[SiH](C)C)cc1.[H+]. The molecule has 0 atom stereocenters. The van der Waals surface area contributed by atoms with Crippen LogP contribution < -0.4 is 5.48 Å². The smallest absolute Gasteiger partial charge is 0.326 e. The minimum atomic E-state index is -0.964. The van der Waals surface area contributed by atoms with Crippen LogP contribution in [0.3, 0.4) is 0 Å². The molecule has 1 aromatic carbocycles. The van der Waals surface area contributed by atoms with Gasteiger partial charge < -0.3 is 4.53 Å². The normalized spacial score (nSPS) is 10.3. The lowest BCUT2D eigenvalue weighted by molar-refractivity contribution is 0.419. The number of anilines is 1. The van der Waals surface area contributed by atoms with E-state index in [1.54, 1.807) is 0 Å². The molecular formula is C9H16NOSi+. The molecule has 0 unspecified atom stereocenters. The van der Waals surface area contributed by atoms with Crippen molar-refractivity contribution in [1.82, 2.24) is 0 Å². The van der Waals surface area contributed by atoms with Crippen LogP contribution in [-0.2, 0) is 4.53 Å². The first kappa shape index (κ1) is 9.29. The van der Waals surface area contributed by atoms with Crippen LogP contribution in [0.4, 0.5) is 5.69 Å². The second kappa shape index (κ2) is 4.28. The zero-order chi connectivity index (χ0) is 8.97. The molecule has 0 aromatic heterocycles. The third-order valence-corrected chi connectivity index (χ3v) is 2.05. The molecule has 0 amide bonds. The topological polar surface area (TPSA) is 21.3 Å². The maximum Gasteiger partial charge on any atom is 1.00 e. The monoisotopic (exact) mass is 182 g/mol. The van der Waals surface area contributed by atoms with E-state index in [1.807, 2.05) is 12.1 Å². The van der Waals surface area contributed by atoms with Gasteiger partial charge in [0.2, 0.25) is 9.04 Å². The second-order valence-electron chi connectivity index (χ2n) is 3.13. The molecule has 66 valence electrons. The Bertz CT molecular complexity index is 238. The van der Waals surface area contributed by atoms with Crippen molar-refractivity contribution in [3.8, 4) is 0 Å². The summed E-state index contributed by atoms with van der Waals surface area (Å²) in [6, 6.07) is 8.17. The van der Waals surface area contributed by atoms with Crippen LogP contribution in [0.5, 0.6) is 0 Å². The Kier molecular flexibility index (Phi) is 3.31. The Morgan fingerprint density at radius 2 is 1.83 bits per heavy atom. The van der Waals surface area contributed by atoms with E-state index < -0.39 is 9.04 Å². The van der Waals surface area contributed by atoms with Crippen molar-refractivity contribution >= 4 is 14.7 Å². The Morgan fingerprint density at radius 1 is 1.25 bits per heavy atom. The molecule has 0 aliphatic carbocycles. The van der Waals surface area contributed by atoms with Gasteiger partial charge in [0.1, 0.15) is 0 Å². The highest BCUT2D eigenvalue weighted by atomic mass is 28.3. The molecule has 0 heterocycles. The zero-order valence-electron chi connectivity index (χ0n) is 8.79. The molecular weight excluding hydrogens is 166 g/mol. The van der Waals surface area contributed by atoms with Gasteiger partial charge in [0.25, 0.3) is 0 Å². The van der Waals surface area contributed by atoms with Crippen LogP contribution in [0.1, 0.15) is 6.99 Å². The molecule has 0 spiro atoms. The van der Waals surface area contributed by atoms with Crippen molar-refractivity contribution in [3.63, 3.8) is 0 Å². The second-order valence-corrected chi connectivity index (χ2v) is 5.47. The van der Waals surface area contributed by atoms with Gasteiger partial charge in [0.05, 0.1) is 5.69 Å². The standard InChI is InChI=1S/C9H15NOSi/c1-8-4-6-9(7-5-8)10-11-12(2)3/h4-7,10,12H,1-3H3/p+1. The summed E-state index contributed by atoms with van der Waals surface area (Å²) in [5, 5.41) is 0. The van der Waals surface area contributed by atoms with Gasteiger partial charge in [0, 0.05) is 0 Å². The maximum absolute atomic E-state index is 5.36. The lowest BCUT2D eigenvalue weighted by atomic mass is 10.2. The summed E-state index contributed by atoms with van der Waals surface area (Å²) in [7, 11) is -0.964. The Labute approximate surface area is 76.7 Å². The van der Waals surface area contributed by atoms with Gasteiger partial charge in [-0.05, 0) is 32.2 Å². The van der Waals surface area contributed by atoms with Gasteiger partial charge in [-0.15, -0.1) is 0 Å². The van der Waals surface area contributed by atoms with E-state index in [9.17, 15) is 0 Å². The highest BCUT2D eigenvalue weighted by Crippen LogP contribution is 2.08. The van der Waals surface area contributed by atoms with Crippen molar-refractivity contribution in [1.29, 1.82) is 0 Å². The van der Waals surface area contributed by atoms with E-state index in [-0.39, 0.29) is 1.43 Å². The summed E-state index contributed by atoms with van der Waals surface area (Å²) in [5.74, 6) is 0. The number of hydrogen-bond acceptors (Lipinski definition) is 2. The van der Waals surface area contributed by atoms with Gasteiger partial charge >= 0.3 is 1.43 Å². The molecule has 12 heavy (non-hydrogen) atoms. The van der Waals surface area contributed by atoms with Crippen molar-refractivity contribution in [2.75, 3.05) is 5.48 Å². The predicted octanol–water partition coefficient (Wildman–Crippen LogP) is 2.43. The lowest BCUT2D eigenvalue weighted by Crippen LogP contribution is -2.12. The Hall–Kier alpha value is -0.803. The van der Waals surface area contributed by atoms with E-state index >= 15 is 0 Å². The molecule has 1 rings (SSSR count). The molecule has 3 heteroatoms. The Balaban J connectivity index is 0.00000144. The van der Waals surface area contributed by atoms with E-state index in [0.29, 0.717) is 0 Å². The highest BCUT2D eigenvalue weighted by molar-refractivity contribution is 6.48. The molecule has 0 saturated carbocycles. The van der Waals surface area contributed by atoms with Crippen LogP contribution >= 0.6 is 0 Å². The number of benzene rings is 1. The minimum absolute atomic E-state index is 0. The van der Waals surface area contributed by atoms with E-state index in [0.717, 1.165) is 5.69 Å². The zero-order valence-corrected chi connectivity index (χ0v) is 8.95. The summed E-state index contributed by atoms with van der Waals surface area (Å²) < 4.78 is 5.36. The Morgan fingerprint density at radius 3 is 2.33 bits per heavy atom. The largest absolute Gasteiger partial charge is 1.00 e. The van der Waals surface area contributed by atoms with Gasteiger partial charge in [-0.2, -0.15) is 0 Å². The third-order valence-electron chi connectivity index (χ3n) is 1.46. The van der Waals surface area contributed by atoms with Crippen molar-refractivity contribution in [3.05, 3.63) is 29.8 Å². The first-order valence-corrected chi connectivity index (χ1v) is 6.95. The number of nitrogens with one attached hydrogen (secondary N) is 1. The molecule has 1 N–H and O–H groups in total. The van der Waals surface area contributed by atoms with Gasteiger partial charge in [-0.3, -0.25) is 5.48 Å². The summed E-state index contributed by atoms with van der Waals surface area (Å²) in [6.07, 6.45) is 0. The van der Waals surface area contributed by atoms with Crippen LogP contribution in [0.15, 0.2) is 24.3 Å². The molecule has 0 aliphatic heterocycles. The van der Waals surface area contributed by atoms with E-state index in [2.05, 4.69) is 37.6 Å². The molecule has 2 nitrogen and oxygen atoms in total. The van der Waals surface area contributed by atoms with Crippen LogP contribution in [0, 0.1) is 6.92 Å². The molecule has 0 aliphatic rings. The third kappa shape index (κ3) is 3.07. The highest BCUT2D eigenvalue weighted by Gasteiger charge is 1.95. The fourth-order valence-electron chi connectivity index (χ4n) is 0.807. The van der Waals surface area contributed by atoms with Gasteiger partial charge in [-0.1, -0.05) is 17.7 Å².